The van der Waals surface area contributed by atoms with Crippen LogP contribution in [0, 0.1) is 0 Å². The molecule has 0 spiro atoms. The molecule has 0 bridgehead atoms. The summed E-state index contributed by atoms with van der Waals surface area (Å²) in [5.41, 5.74) is 1.77. The van der Waals surface area contributed by atoms with E-state index in [1.807, 2.05) is 42.5 Å². The van der Waals surface area contributed by atoms with Crippen LogP contribution in [0.3, 0.4) is 0 Å². The van der Waals surface area contributed by atoms with Crippen LogP contribution in [0.25, 0.3) is 11.5 Å². The first-order valence-electron chi connectivity index (χ1n) is 8.41. The number of carbonyl (C=O) groups is 1. The lowest BCUT2D eigenvalue weighted by Gasteiger charge is -2.05. The normalized spacial score (nSPS) is 10.6. The van der Waals surface area contributed by atoms with E-state index >= 15 is 0 Å². The number of thioether (sulfide) groups is 1. The standard InChI is InChI=1S/C19H19N3O4S/c1-24-17(23)6-4-12-25-16-9-7-14(8-10-16)18-21-22-19(26-18)27-13-15-5-2-3-11-20-15/h2-3,5,7-11H,4,6,12-13H2,1H3. The maximum atomic E-state index is 11.0. The fourth-order valence-electron chi connectivity index (χ4n) is 2.21. The number of rotatable bonds is 9. The predicted molar refractivity (Wildman–Crippen MR) is 100 cm³/mol. The van der Waals surface area contributed by atoms with Crippen LogP contribution in [0.1, 0.15) is 18.5 Å². The summed E-state index contributed by atoms with van der Waals surface area (Å²) in [4.78, 5) is 15.3. The molecule has 27 heavy (non-hydrogen) atoms. The van der Waals surface area contributed by atoms with Crippen molar-refractivity contribution in [1.82, 2.24) is 15.2 Å². The summed E-state index contributed by atoms with van der Waals surface area (Å²) < 4.78 is 15.9. The fourth-order valence-corrected chi connectivity index (χ4v) is 2.88. The second-order valence-electron chi connectivity index (χ2n) is 5.54. The van der Waals surface area contributed by atoms with Crippen molar-refractivity contribution in [2.75, 3.05) is 13.7 Å². The number of ether oxygens (including phenoxy) is 2. The van der Waals surface area contributed by atoms with Crippen LogP contribution in [0.4, 0.5) is 0 Å². The monoisotopic (exact) mass is 385 g/mol. The number of methoxy groups -OCH3 is 1. The van der Waals surface area contributed by atoms with Gasteiger partial charge in [0, 0.05) is 23.9 Å². The smallest absolute Gasteiger partial charge is 0.305 e. The molecule has 0 amide bonds. The largest absolute Gasteiger partial charge is 0.494 e. The molecule has 0 fully saturated rings. The molecule has 0 aliphatic heterocycles. The van der Waals surface area contributed by atoms with Crippen LogP contribution in [-0.4, -0.2) is 34.9 Å². The summed E-state index contributed by atoms with van der Waals surface area (Å²) in [7, 11) is 1.38. The summed E-state index contributed by atoms with van der Waals surface area (Å²) in [5.74, 6) is 1.60. The van der Waals surface area contributed by atoms with E-state index in [9.17, 15) is 4.79 Å². The first kappa shape index (κ1) is 18.9. The Hall–Kier alpha value is -2.87. The van der Waals surface area contributed by atoms with Gasteiger partial charge >= 0.3 is 5.97 Å². The molecule has 0 unspecified atom stereocenters. The molecule has 2 heterocycles. The highest BCUT2D eigenvalue weighted by Crippen LogP contribution is 2.26. The van der Waals surface area contributed by atoms with Crippen molar-refractivity contribution in [3.8, 4) is 17.2 Å². The lowest BCUT2D eigenvalue weighted by atomic mass is 10.2. The van der Waals surface area contributed by atoms with Gasteiger partial charge in [0.1, 0.15) is 5.75 Å². The van der Waals surface area contributed by atoms with Crippen molar-refractivity contribution in [2.45, 2.75) is 23.8 Å². The number of hydrogen-bond donors (Lipinski definition) is 0. The topological polar surface area (TPSA) is 87.3 Å². The van der Waals surface area contributed by atoms with Crippen LogP contribution in [-0.2, 0) is 15.3 Å². The fraction of sp³-hybridized carbons (Fsp3) is 0.263. The van der Waals surface area contributed by atoms with Gasteiger partial charge in [-0.25, -0.2) is 0 Å². The molecule has 0 saturated carbocycles. The summed E-state index contributed by atoms with van der Waals surface area (Å²) in [6.07, 6.45) is 2.71. The van der Waals surface area contributed by atoms with Gasteiger partial charge in [0.2, 0.25) is 5.89 Å². The Labute approximate surface area is 161 Å². The Morgan fingerprint density at radius 2 is 2.00 bits per heavy atom. The zero-order chi connectivity index (χ0) is 18.9. The highest BCUT2D eigenvalue weighted by molar-refractivity contribution is 7.98. The number of carbonyl (C=O) groups excluding carboxylic acids is 1. The third-order valence-electron chi connectivity index (χ3n) is 3.60. The number of pyridine rings is 1. The van der Waals surface area contributed by atoms with Crippen molar-refractivity contribution in [3.05, 3.63) is 54.4 Å². The Balaban J connectivity index is 1.50. The molecule has 0 aliphatic carbocycles. The minimum absolute atomic E-state index is 0.234. The number of nitrogens with zero attached hydrogens (tertiary/aromatic N) is 3. The molecular formula is C19H19N3O4S. The Morgan fingerprint density at radius 3 is 2.74 bits per heavy atom. The molecule has 0 radical (unpaired) electrons. The maximum Gasteiger partial charge on any atom is 0.305 e. The molecule has 3 aromatic rings. The molecule has 140 valence electrons. The average Bonchev–Trinajstić information content (AvgIpc) is 3.20. The molecule has 7 nitrogen and oxygen atoms in total. The molecule has 0 saturated heterocycles. The van der Waals surface area contributed by atoms with Gasteiger partial charge in [-0.05, 0) is 42.8 Å². The Kier molecular flexibility index (Phi) is 6.81. The van der Waals surface area contributed by atoms with E-state index < -0.39 is 0 Å². The summed E-state index contributed by atoms with van der Waals surface area (Å²) in [5, 5.41) is 8.64. The van der Waals surface area contributed by atoms with Gasteiger partial charge in [-0.3, -0.25) is 9.78 Å². The third kappa shape index (κ3) is 5.82. The third-order valence-corrected chi connectivity index (χ3v) is 4.45. The van der Waals surface area contributed by atoms with E-state index in [-0.39, 0.29) is 5.97 Å². The predicted octanol–water partition coefficient (Wildman–Crippen LogP) is 3.76. The highest BCUT2D eigenvalue weighted by Gasteiger charge is 2.10. The van der Waals surface area contributed by atoms with Crippen LogP contribution in [0.5, 0.6) is 5.75 Å². The van der Waals surface area contributed by atoms with Crippen molar-refractivity contribution >= 4 is 17.7 Å². The van der Waals surface area contributed by atoms with Crippen LogP contribution < -0.4 is 4.74 Å². The van der Waals surface area contributed by atoms with Gasteiger partial charge in [0.25, 0.3) is 5.22 Å². The zero-order valence-electron chi connectivity index (χ0n) is 14.8. The molecule has 0 aliphatic rings. The van der Waals surface area contributed by atoms with E-state index in [0.29, 0.717) is 42.1 Å². The first-order chi connectivity index (χ1) is 13.2. The summed E-state index contributed by atoms with van der Waals surface area (Å²) >= 11 is 1.44. The second-order valence-corrected chi connectivity index (χ2v) is 6.46. The molecule has 0 atom stereocenters. The summed E-state index contributed by atoms with van der Waals surface area (Å²) in [6, 6.07) is 13.2. The van der Waals surface area contributed by atoms with Gasteiger partial charge in [-0.1, -0.05) is 17.8 Å². The van der Waals surface area contributed by atoms with Gasteiger partial charge < -0.3 is 13.9 Å². The lowest BCUT2D eigenvalue weighted by molar-refractivity contribution is -0.140. The van der Waals surface area contributed by atoms with Crippen molar-refractivity contribution < 1.29 is 18.7 Å². The highest BCUT2D eigenvalue weighted by atomic mass is 32.2. The van der Waals surface area contributed by atoms with Gasteiger partial charge in [0.05, 0.1) is 19.4 Å². The molecule has 0 N–H and O–H groups in total. The molecule has 1 aromatic carbocycles. The van der Waals surface area contributed by atoms with Gasteiger partial charge in [-0.2, -0.15) is 0 Å². The number of benzene rings is 1. The van der Waals surface area contributed by atoms with Gasteiger partial charge in [-0.15, -0.1) is 10.2 Å². The molecular weight excluding hydrogens is 366 g/mol. The van der Waals surface area contributed by atoms with Crippen molar-refractivity contribution in [1.29, 1.82) is 0 Å². The summed E-state index contributed by atoms with van der Waals surface area (Å²) in [6.45, 7) is 0.448. The van der Waals surface area contributed by atoms with Crippen LogP contribution >= 0.6 is 11.8 Å². The van der Waals surface area contributed by atoms with E-state index in [0.717, 1.165) is 11.3 Å². The Morgan fingerprint density at radius 1 is 1.15 bits per heavy atom. The number of hydrogen-bond acceptors (Lipinski definition) is 8. The average molecular weight is 385 g/mol. The first-order valence-corrected chi connectivity index (χ1v) is 9.39. The SMILES string of the molecule is COC(=O)CCCOc1ccc(-c2nnc(SCc3ccccn3)o2)cc1. The molecule has 3 rings (SSSR count). The number of aromatic nitrogens is 3. The number of esters is 1. The minimum Gasteiger partial charge on any atom is -0.494 e. The van der Waals surface area contributed by atoms with Crippen molar-refractivity contribution in [2.24, 2.45) is 0 Å². The van der Waals surface area contributed by atoms with Crippen LogP contribution in [0.2, 0.25) is 0 Å². The maximum absolute atomic E-state index is 11.0. The second kappa shape index (κ2) is 9.72. The van der Waals surface area contributed by atoms with E-state index in [4.69, 9.17) is 9.15 Å². The zero-order valence-corrected chi connectivity index (χ0v) is 15.6. The molecule has 8 heteroatoms. The van der Waals surface area contributed by atoms with E-state index in [2.05, 4.69) is 19.9 Å². The lowest BCUT2D eigenvalue weighted by Crippen LogP contribution is -2.04. The van der Waals surface area contributed by atoms with Crippen molar-refractivity contribution in [3.63, 3.8) is 0 Å². The quantitative estimate of drug-likeness (QED) is 0.313. The Bertz CT molecular complexity index is 853. The minimum atomic E-state index is -0.234. The van der Waals surface area contributed by atoms with E-state index in [1.54, 1.807) is 6.20 Å². The van der Waals surface area contributed by atoms with Gasteiger partial charge in [0.15, 0.2) is 0 Å². The van der Waals surface area contributed by atoms with Crippen LogP contribution in [0.15, 0.2) is 58.3 Å². The van der Waals surface area contributed by atoms with E-state index in [1.165, 1.54) is 18.9 Å². The molecule has 2 aromatic heterocycles.